The van der Waals surface area contributed by atoms with Crippen LogP contribution in [0.25, 0.3) is 0 Å². The van der Waals surface area contributed by atoms with Crippen molar-refractivity contribution in [1.29, 1.82) is 0 Å². The summed E-state index contributed by atoms with van der Waals surface area (Å²) in [5.41, 5.74) is 7.56. The molecule has 0 atom stereocenters. The van der Waals surface area contributed by atoms with E-state index in [1.165, 1.54) is 5.56 Å². The molecular weight excluding hydrogens is 232 g/mol. The van der Waals surface area contributed by atoms with Crippen LogP contribution in [-0.4, -0.2) is 30.5 Å². The van der Waals surface area contributed by atoms with E-state index >= 15 is 0 Å². The molecule has 4 heteroatoms. The zero-order chi connectivity index (χ0) is 12.7. The Hall–Kier alpha value is -1.00. The van der Waals surface area contributed by atoms with Crippen molar-refractivity contribution in [3.8, 4) is 0 Å². The van der Waals surface area contributed by atoms with Crippen LogP contribution >= 0.6 is 11.8 Å². The highest BCUT2D eigenvalue weighted by Crippen LogP contribution is 2.17. The van der Waals surface area contributed by atoms with Crippen LogP contribution in [-0.2, 0) is 4.79 Å². The van der Waals surface area contributed by atoms with Crippen LogP contribution in [0.2, 0.25) is 0 Å². The molecular formula is C13H20N2OS. The quantitative estimate of drug-likeness (QED) is 0.788. The third-order valence-electron chi connectivity index (χ3n) is 2.42. The van der Waals surface area contributed by atoms with Crippen molar-refractivity contribution >= 4 is 23.4 Å². The summed E-state index contributed by atoms with van der Waals surface area (Å²) in [6, 6.07) is 8.02. The Morgan fingerprint density at radius 2 is 2.24 bits per heavy atom. The van der Waals surface area contributed by atoms with Gasteiger partial charge in [-0.1, -0.05) is 12.1 Å². The second-order valence-corrected chi connectivity index (χ2v) is 4.92. The smallest absolute Gasteiger partial charge is 0.236 e. The lowest BCUT2D eigenvalue weighted by Crippen LogP contribution is -2.32. The van der Waals surface area contributed by atoms with Gasteiger partial charge in [0.05, 0.1) is 5.75 Å². The van der Waals surface area contributed by atoms with E-state index in [1.807, 2.05) is 43.0 Å². The largest absolute Gasteiger partial charge is 0.330 e. The fourth-order valence-corrected chi connectivity index (χ4v) is 2.26. The van der Waals surface area contributed by atoms with Gasteiger partial charge in [0.1, 0.15) is 0 Å². The van der Waals surface area contributed by atoms with Gasteiger partial charge in [-0.3, -0.25) is 4.79 Å². The SMILES string of the molecule is CCN(C(=O)CSCCN)c1cccc(C)c1. The summed E-state index contributed by atoms with van der Waals surface area (Å²) in [6.45, 7) is 5.35. The number of nitrogens with two attached hydrogens (primary N) is 1. The molecule has 1 aromatic rings. The van der Waals surface area contributed by atoms with Crippen LogP contribution in [0.1, 0.15) is 12.5 Å². The average molecular weight is 252 g/mol. The van der Waals surface area contributed by atoms with E-state index in [0.717, 1.165) is 11.4 Å². The van der Waals surface area contributed by atoms with Gasteiger partial charge in [0.2, 0.25) is 5.91 Å². The number of anilines is 1. The lowest BCUT2D eigenvalue weighted by molar-refractivity contribution is -0.116. The molecule has 1 amide bonds. The molecule has 0 radical (unpaired) electrons. The van der Waals surface area contributed by atoms with Crippen LogP contribution in [0.15, 0.2) is 24.3 Å². The van der Waals surface area contributed by atoms with E-state index in [0.29, 0.717) is 18.8 Å². The van der Waals surface area contributed by atoms with Crippen LogP contribution in [0, 0.1) is 6.92 Å². The molecule has 0 saturated carbocycles. The number of hydrogen-bond acceptors (Lipinski definition) is 3. The minimum Gasteiger partial charge on any atom is -0.330 e. The Morgan fingerprint density at radius 1 is 1.47 bits per heavy atom. The maximum Gasteiger partial charge on any atom is 0.236 e. The predicted molar refractivity (Wildman–Crippen MR) is 75.6 cm³/mol. The van der Waals surface area contributed by atoms with Crippen molar-refractivity contribution < 1.29 is 4.79 Å². The third-order valence-corrected chi connectivity index (χ3v) is 3.39. The Balaban J connectivity index is 2.67. The summed E-state index contributed by atoms with van der Waals surface area (Å²) in [7, 11) is 0. The molecule has 0 aromatic heterocycles. The lowest BCUT2D eigenvalue weighted by Gasteiger charge is -2.21. The van der Waals surface area contributed by atoms with Crippen LogP contribution in [0.4, 0.5) is 5.69 Å². The van der Waals surface area contributed by atoms with Gasteiger partial charge in [0, 0.05) is 24.5 Å². The molecule has 2 N–H and O–H groups in total. The third kappa shape index (κ3) is 4.40. The fourth-order valence-electron chi connectivity index (χ4n) is 1.62. The first-order valence-corrected chi connectivity index (χ1v) is 6.99. The lowest BCUT2D eigenvalue weighted by atomic mass is 10.2. The molecule has 1 aromatic carbocycles. The second kappa shape index (κ2) is 7.35. The van der Waals surface area contributed by atoms with Gasteiger partial charge in [-0.25, -0.2) is 0 Å². The Kier molecular flexibility index (Phi) is 6.08. The highest BCUT2D eigenvalue weighted by atomic mass is 32.2. The molecule has 0 heterocycles. The molecule has 0 bridgehead atoms. The number of benzene rings is 1. The summed E-state index contributed by atoms with van der Waals surface area (Å²) in [4.78, 5) is 13.8. The van der Waals surface area contributed by atoms with Gasteiger partial charge >= 0.3 is 0 Å². The molecule has 94 valence electrons. The maximum absolute atomic E-state index is 12.0. The zero-order valence-electron chi connectivity index (χ0n) is 10.5. The van der Waals surface area contributed by atoms with Crippen molar-refractivity contribution in [1.82, 2.24) is 0 Å². The molecule has 1 rings (SSSR count). The molecule has 0 spiro atoms. The number of nitrogens with zero attached hydrogens (tertiary/aromatic N) is 1. The Morgan fingerprint density at radius 3 is 2.82 bits per heavy atom. The fraction of sp³-hybridized carbons (Fsp3) is 0.462. The van der Waals surface area contributed by atoms with Crippen LogP contribution in [0.3, 0.4) is 0 Å². The first kappa shape index (κ1) is 14.1. The summed E-state index contributed by atoms with van der Waals surface area (Å²) in [5.74, 6) is 1.48. The van der Waals surface area contributed by atoms with Gasteiger partial charge in [-0.2, -0.15) is 11.8 Å². The molecule has 0 fully saturated rings. The van der Waals surface area contributed by atoms with Crippen LogP contribution < -0.4 is 10.6 Å². The number of carbonyl (C=O) groups is 1. The van der Waals surface area contributed by atoms with Gasteiger partial charge < -0.3 is 10.6 Å². The number of carbonyl (C=O) groups excluding carboxylic acids is 1. The topological polar surface area (TPSA) is 46.3 Å². The van der Waals surface area contributed by atoms with E-state index in [-0.39, 0.29) is 5.91 Å². The molecule has 17 heavy (non-hydrogen) atoms. The number of hydrogen-bond donors (Lipinski definition) is 1. The highest BCUT2D eigenvalue weighted by molar-refractivity contribution is 7.99. The minimum absolute atomic E-state index is 0.150. The van der Waals surface area contributed by atoms with Gasteiger partial charge in [-0.05, 0) is 31.5 Å². The molecule has 3 nitrogen and oxygen atoms in total. The van der Waals surface area contributed by atoms with Crippen molar-refractivity contribution in [2.45, 2.75) is 13.8 Å². The molecule has 0 aliphatic carbocycles. The van der Waals surface area contributed by atoms with Crippen molar-refractivity contribution in [2.24, 2.45) is 5.73 Å². The number of aryl methyl sites for hydroxylation is 1. The summed E-state index contributed by atoms with van der Waals surface area (Å²) >= 11 is 1.59. The van der Waals surface area contributed by atoms with Crippen molar-refractivity contribution in [3.63, 3.8) is 0 Å². The monoisotopic (exact) mass is 252 g/mol. The number of amides is 1. The summed E-state index contributed by atoms with van der Waals surface area (Å²) < 4.78 is 0. The maximum atomic E-state index is 12.0. The minimum atomic E-state index is 0.150. The van der Waals surface area contributed by atoms with E-state index in [1.54, 1.807) is 11.8 Å². The number of rotatable bonds is 6. The standard InChI is InChI=1S/C13H20N2OS/c1-3-15(13(16)10-17-8-7-14)12-6-4-5-11(2)9-12/h4-6,9H,3,7-8,10,14H2,1-2H3. The predicted octanol–water partition coefficient (Wildman–Crippen LogP) is 2.04. The first-order chi connectivity index (χ1) is 8.19. The Labute approximate surface area is 107 Å². The summed E-state index contributed by atoms with van der Waals surface area (Å²) in [6.07, 6.45) is 0. The number of thioether (sulfide) groups is 1. The first-order valence-electron chi connectivity index (χ1n) is 5.84. The van der Waals surface area contributed by atoms with Crippen molar-refractivity contribution in [2.75, 3.05) is 29.5 Å². The molecule has 0 aliphatic heterocycles. The van der Waals surface area contributed by atoms with E-state index in [4.69, 9.17) is 5.73 Å². The van der Waals surface area contributed by atoms with E-state index < -0.39 is 0 Å². The highest BCUT2D eigenvalue weighted by Gasteiger charge is 2.13. The summed E-state index contributed by atoms with van der Waals surface area (Å²) in [5, 5.41) is 0. The Bertz CT molecular complexity index is 368. The second-order valence-electron chi connectivity index (χ2n) is 3.82. The van der Waals surface area contributed by atoms with E-state index in [9.17, 15) is 4.79 Å². The van der Waals surface area contributed by atoms with Crippen molar-refractivity contribution in [3.05, 3.63) is 29.8 Å². The normalized spacial score (nSPS) is 10.3. The average Bonchev–Trinajstić information content (AvgIpc) is 2.30. The molecule has 0 aliphatic rings. The zero-order valence-corrected chi connectivity index (χ0v) is 11.3. The molecule has 0 saturated heterocycles. The van der Waals surface area contributed by atoms with Gasteiger partial charge in [0.25, 0.3) is 0 Å². The van der Waals surface area contributed by atoms with E-state index in [2.05, 4.69) is 0 Å². The van der Waals surface area contributed by atoms with Gasteiger partial charge in [0.15, 0.2) is 0 Å². The molecule has 0 unspecified atom stereocenters. The van der Waals surface area contributed by atoms with Crippen LogP contribution in [0.5, 0.6) is 0 Å². The van der Waals surface area contributed by atoms with Gasteiger partial charge in [-0.15, -0.1) is 0 Å².